The van der Waals surface area contributed by atoms with Gasteiger partial charge in [0.15, 0.2) is 0 Å². The topological polar surface area (TPSA) is 69.6 Å². The number of nitrogens with one attached hydrogen (secondary N) is 1. The molecule has 0 aliphatic carbocycles. The smallest absolute Gasteiger partial charge is 0.310 e. The zero-order valence-electron chi connectivity index (χ0n) is 12.9. The van der Waals surface area contributed by atoms with E-state index in [-0.39, 0.29) is 12.5 Å². The Labute approximate surface area is 125 Å². The van der Waals surface area contributed by atoms with Crippen LogP contribution in [-0.2, 0) is 9.59 Å². The average Bonchev–Trinajstić information content (AvgIpc) is 2.43. The van der Waals surface area contributed by atoms with Crippen molar-refractivity contribution in [3.8, 4) is 0 Å². The third kappa shape index (κ3) is 5.30. The molecule has 114 valence electrons. The molecule has 1 rings (SSSR count). The predicted octanol–water partition coefficient (Wildman–Crippen LogP) is 1.99. The van der Waals surface area contributed by atoms with Crippen LogP contribution in [0.1, 0.15) is 19.4 Å². The molecule has 0 heterocycles. The summed E-state index contributed by atoms with van der Waals surface area (Å²) in [5.74, 6) is -1.24. The van der Waals surface area contributed by atoms with Crippen LogP contribution in [0.5, 0.6) is 0 Å². The Morgan fingerprint density at radius 3 is 2.29 bits per heavy atom. The van der Waals surface area contributed by atoms with Crippen molar-refractivity contribution in [3.05, 3.63) is 35.9 Å². The van der Waals surface area contributed by atoms with Gasteiger partial charge >= 0.3 is 5.97 Å². The lowest BCUT2D eigenvalue weighted by Crippen LogP contribution is -2.38. The van der Waals surface area contributed by atoms with E-state index in [1.54, 1.807) is 19.9 Å². The van der Waals surface area contributed by atoms with E-state index in [9.17, 15) is 9.59 Å². The van der Waals surface area contributed by atoms with E-state index in [2.05, 4.69) is 5.32 Å². The zero-order valence-corrected chi connectivity index (χ0v) is 12.9. The van der Waals surface area contributed by atoms with Gasteiger partial charge in [0.05, 0.1) is 5.41 Å². The predicted molar refractivity (Wildman–Crippen MR) is 84.2 cm³/mol. The first-order valence-corrected chi connectivity index (χ1v) is 6.69. The quantitative estimate of drug-likeness (QED) is 0.786. The number of aliphatic carboxylic acids is 1. The Hall–Kier alpha value is -2.30. The summed E-state index contributed by atoms with van der Waals surface area (Å²) < 4.78 is 0. The molecule has 1 amide bonds. The van der Waals surface area contributed by atoms with Gasteiger partial charge in [-0.1, -0.05) is 12.1 Å². The summed E-state index contributed by atoms with van der Waals surface area (Å²) in [5, 5.41) is 11.5. The van der Waals surface area contributed by atoms with Crippen LogP contribution in [0.4, 0.5) is 5.69 Å². The van der Waals surface area contributed by atoms with Gasteiger partial charge in [-0.05, 0) is 37.6 Å². The molecule has 0 saturated carbocycles. The van der Waals surface area contributed by atoms with E-state index in [0.717, 1.165) is 11.3 Å². The fraction of sp³-hybridized carbons (Fsp3) is 0.375. The van der Waals surface area contributed by atoms with Crippen molar-refractivity contribution in [2.45, 2.75) is 13.8 Å². The Morgan fingerprint density at radius 2 is 1.81 bits per heavy atom. The maximum atomic E-state index is 11.7. The number of carboxylic acids is 1. The molecule has 0 bridgehead atoms. The van der Waals surface area contributed by atoms with E-state index in [1.165, 1.54) is 6.08 Å². The highest BCUT2D eigenvalue weighted by Gasteiger charge is 2.27. The molecule has 21 heavy (non-hydrogen) atoms. The van der Waals surface area contributed by atoms with Gasteiger partial charge in [-0.3, -0.25) is 9.59 Å². The van der Waals surface area contributed by atoms with Crippen LogP contribution in [0.3, 0.4) is 0 Å². The van der Waals surface area contributed by atoms with Crippen LogP contribution >= 0.6 is 0 Å². The molecule has 0 spiro atoms. The van der Waals surface area contributed by atoms with Crippen molar-refractivity contribution >= 4 is 23.6 Å². The lowest BCUT2D eigenvalue weighted by Gasteiger charge is -2.18. The number of anilines is 1. The van der Waals surface area contributed by atoms with Crippen LogP contribution < -0.4 is 10.2 Å². The molecule has 0 aromatic heterocycles. The number of rotatable bonds is 6. The highest BCUT2D eigenvalue weighted by Crippen LogP contribution is 2.14. The fourth-order valence-electron chi connectivity index (χ4n) is 1.50. The molecule has 0 radical (unpaired) electrons. The van der Waals surface area contributed by atoms with E-state index < -0.39 is 11.4 Å². The van der Waals surface area contributed by atoms with Gasteiger partial charge in [0.1, 0.15) is 0 Å². The second-order valence-electron chi connectivity index (χ2n) is 5.73. The zero-order chi connectivity index (χ0) is 16.0. The van der Waals surface area contributed by atoms with E-state index in [0.29, 0.717) is 0 Å². The summed E-state index contributed by atoms with van der Waals surface area (Å²) in [6.45, 7) is 3.23. The lowest BCUT2D eigenvalue weighted by molar-refractivity contribution is -0.146. The molecule has 2 N–H and O–H groups in total. The summed E-state index contributed by atoms with van der Waals surface area (Å²) in [5.41, 5.74) is 1.02. The maximum absolute atomic E-state index is 11.7. The molecule has 1 aromatic rings. The van der Waals surface area contributed by atoms with Gasteiger partial charge in [0, 0.05) is 32.4 Å². The molecule has 0 aliphatic heterocycles. The number of benzene rings is 1. The van der Waals surface area contributed by atoms with E-state index in [1.807, 2.05) is 43.3 Å². The Balaban J connectivity index is 2.56. The molecule has 5 heteroatoms. The highest BCUT2D eigenvalue weighted by molar-refractivity contribution is 5.92. The fourth-order valence-corrected chi connectivity index (χ4v) is 1.50. The van der Waals surface area contributed by atoms with Gasteiger partial charge in [-0.2, -0.15) is 0 Å². The summed E-state index contributed by atoms with van der Waals surface area (Å²) in [6, 6.07) is 7.76. The second-order valence-corrected chi connectivity index (χ2v) is 5.73. The number of hydrogen-bond donors (Lipinski definition) is 2. The summed E-state index contributed by atoms with van der Waals surface area (Å²) in [4.78, 5) is 24.6. The number of amides is 1. The Bertz CT molecular complexity index is 531. The number of hydrogen-bond acceptors (Lipinski definition) is 3. The summed E-state index contributed by atoms with van der Waals surface area (Å²) in [7, 11) is 3.92. The Kier molecular flexibility index (Phi) is 5.52. The molecule has 0 saturated heterocycles. The Morgan fingerprint density at radius 1 is 1.24 bits per heavy atom. The SMILES string of the molecule is CN(C)c1ccc(/C=C/C(=O)NCC(C)(C)C(=O)O)cc1. The average molecular weight is 290 g/mol. The normalized spacial score (nSPS) is 11.4. The molecule has 0 fully saturated rings. The maximum Gasteiger partial charge on any atom is 0.310 e. The number of carboxylic acid groups (broad SMARTS) is 1. The first kappa shape index (κ1) is 16.8. The van der Waals surface area contributed by atoms with Crippen LogP contribution in [0.2, 0.25) is 0 Å². The van der Waals surface area contributed by atoms with Gasteiger partial charge in [0.25, 0.3) is 0 Å². The molecule has 0 aliphatic rings. The number of carbonyl (C=O) groups excluding carboxylic acids is 1. The van der Waals surface area contributed by atoms with E-state index in [4.69, 9.17) is 5.11 Å². The van der Waals surface area contributed by atoms with Crippen molar-refractivity contribution in [2.24, 2.45) is 5.41 Å². The summed E-state index contributed by atoms with van der Waals surface area (Å²) >= 11 is 0. The molecular formula is C16H22N2O3. The monoisotopic (exact) mass is 290 g/mol. The van der Waals surface area contributed by atoms with Crippen molar-refractivity contribution in [1.29, 1.82) is 0 Å². The largest absolute Gasteiger partial charge is 0.481 e. The molecule has 1 aromatic carbocycles. The third-order valence-corrected chi connectivity index (χ3v) is 3.12. The first-order valence-electron chi connectivity index (χ1n) is 6.69. The van der Waals surface area contributed by atoms with Gasteiger partial charge in [-0.15, -0.1) is 0 Å². The molecular weight excluding hydrogens is 268 g/mol. The van der Waals surface area contributed by atoms with Gasteiger partial charge in [-0.25, -0.2) is 0 Å². The minimum Gasteiger partial charge on any atom is -0.481 e. The lowest BCUT2D eigenvalue weighted by atomic mass is 9.94. The van der Waals surface area contributed by atoms with Crippen molar-refractivity contribution in [1.82, 2.24) is 5.32 Å². The van der Waals surface area contributed by atoms with Gasteiger partial charge < -0.3 is 15.3 Å². The highest BCUT2D eigenvalue weighted by atomic mass is 16.4. The standard InChI is InChI=1S/C16H22N2O3/c1-16(2,15(20)21)11-17-14(19)10-7-12-5-8-13(9-6-12)18(3)4/h5-10H,11H2,1-4H3,(H,17,19)(H,20,21)/b10-7+. The van der Waals surface area contributed by atoms with Crippen molar-refractivity contribution in [2.75, 3.05) is 25.5 Å². The minimum absolute atomic E-state index is 0.0884. The van der Waals surface area contributed by atoms with Crippen molar-refractivity contribution in [3.63, 3.8) is 0 Å². The van der Waals surface area contributed by atoms with Crippen molar-refractivity contribution < 1.29 is 14.7 Å². The van der Waals surface area contributed by atoms with E-state index >= 15 is 0 Å². The van der Waals surface area contributed by atoms with Crippen LogP contribution in [0, 0.1) is 5.41 Å². The second kappa shape index (κ2) is 6.92. The van der Waals surface area contributed by atoms with Crippen LogP contribution in [0.25, 0.3) is 6.08 Å². The number of nitrogens with zero attached hydrogens (tertiary/aromatic N) is 1. The van der Waals surface area contributed by atoms with Gasteiger partial charge in [0.2, 0.25) is 5.91 Å². The molecule has 0 unspecified atom stereocenters. The summed E-state index contributed by atoms with van der Waals surface area (Å²) in [6.07, 6.45) is 3.10. The molecule has 0 atom stereocenters. The van der Waals surface area contributed by atoms with Crippen LogP contribution in [-0.4, -0.2) is 37.6 Å². The number of carbonyl (C=O) groups is 2. The third-order valence-electron chi connectivity index (χ3n) is 3.12. The van der Waals surface area contributed by atoms with Crippen LogP contribution in [0.15, 0.2) is 30.3 Å². The minimum atomic E-state index is -0.975. The molecule has 5 nitrogen and oxygen atoms in total. The first-order chi connectivity index (χ1) is 9.72.